The first kappa shape index (κ1) is 10.9. The Balaban J connectivity index is 2.48. The molecular formula is C7H11N3O3S. The lowest BCUT2D eigenvalue weighted by molar-refractivity contribution is -0.127. The predicted molar refractivity (Wildman–Crippen MR) is 48.3 cm³/mol. The van der Waals surface area contributed by atoms with Crippen LogP contribution in [0.15, 0.2) is 0 Å². The number of rotatable bonds is 3. The van der Waals surface area contributed by atoms with Gasteiger partial charge in [0.1, 0.15) is 0 Å². The monoisotopic (exact) mass is 217 g/mol. The van der Waals surface area contributed by atoms with Crippen LogP contribution in [0.2, 0.25) is 0 Å². The molecule has 7 heteroatoms. The summed E-state index contributed by atoms with van der Waals surface area (Å²) in [4.78, 5) is 12.6. The van der Waals surface area contributed by atoms with E-state index in [1.54, 1.807) is 0 Å². The second kappa shape index (κ2) is 3.94. The summed E-state index contributed by atoms with van der Waals surface area (Å²) in [6.45, 7) is 0.390. The van der Waals surface area contributed by atoms with Gasteiger partial charge in [-0.15, -0.1) is 0 Å². The van der Waals surface area contributed by atoms with Crippen LogP contribution in [0, 0.1) is 17.2 Å². The Hall–Kier alpha value is -1.13. The molecule has 0 aromatic heterocycles. The summed E-state index contributed by atoms with van der Waals surface area (Å²) < 4.78 is 21.2. The van der Waals surface area contributed by atoms with Gasteiger partial charge in [0.2, 0.25) is 15.9 Å². The van der Waals surface area contributed by atoms with E-state index in [-0.39, 0.29) is 30.5 Å². The molecule has 14 heavy (non-hydrogen) atoms. The number of sulfonamides is 1. The van der Waals surface area contributed by atoms with E-state index in [0.717, 1.165) is 0 Å². The maximum Gasteiger partial charge on any atom is 0.224 e. The zero-order chi connectivity index (χ0) is 10.8. The van der Waals surface area contributed by atoms with Crippen molar-refractivity contribution in [2.75, 3.05) is 18.8 Å². The van der Waals surface area contributed by atoms with Gasteiger partial charge >= 0.3 is 0 Å². The van der Waals surface area contributed by atoms with Crippen molar-refractivity contribution in [3.05, 3.63) is 0 Å². The number of hydrogen-bond donors (Lipinski definition) is 1. The van der Waals surface area contributed by atoms with E-state index in [2.05, 4.69) is 0 Å². The molecule has 6 nitrogen and oxygen atoms in total. The molecule has 0 aromatic rings. The molecule has 0 aromatic carbocycles. The summed E-state index contributed by atoms with van der Waals surface area (Å²) in [6.07, 6.45) is 0.182. The number of carbonyl (C=O) groups excluding carboxylic acids is 1. The molecule has 1 fully saturated rings. The second-order valence-electron chi connectivity index (χ2n) is 3.24. The zero-order valence-electron chi connectivity index (χ0n) is 7.51. The first-order valence-corrected chi connectivity index (χ1v) is 5.82. The third-order valence-electron chi connectivity index (χ3n) is 2.04. The number of primary sulfonamides is 1. The van der Waals surface area contributed by atoms with Gasteiger partial charge in [0.15, 0.2) is 0 Å². The average Bonchev–Trinajstić information content (AvgIpc) is 2.42. The predicted octanol–water partition coefficient (Wildman–Crippen LogP) is -1.35. The van der Waals surface area contributed by atoms with Gasteiger partial charge in [-0.3, -0.25) is 4.79 Å². The van der Waals surface area contributed by atoms with E-state index < -0.39 is 10.0 Å². The van der Waals surface area contributed by atoms with Gasteiger partial charge in [-0.25, -0.2) is 13.6 Å². The van der Waals surface area contributed by atoms with E-state index in [1.165, 1.54) is 4.90 Å². The molecule has 1 saturated heterocycles. The summed E-state index contributed by atoms with van der Waals surface area (Å²) in [6, 6.07) is 1.98. The quantitative estimate of drug-likeness (QED) is 0.630. The molecule has 1 rings (SSSR count). The van der Waals surface area contributed by atoms with Gasteiger partial charge in [0.25, 0.3) is 0 Å². The summed E-state index contributed by atoms with van der Waals surface area (Å²) in [5.74, 6) is -0.750. The topological polar surface area (TPSA) is 104 Å². The highest BCUT2D eigenvalue weighted by atomic mass is 32.2. The van der Waals surface area contributed by atoms with Gasteiger partial charge < -0.3 is 4.90 Å². The van der Waals surface area contributed by atoms with Crippen molar-refractivity contribution < 1.29 is 13.2 Å². The molecule has 1 aliphatic heterocycles. The summed E-state index contributed by atoms with van der Waals surface area (Å²) in [5.41, 5.74) is 0. The van der Waals surface area contributed by atoms with Gasteiger partial charge in [-0.2, -0.15) is 5.26 Å². The number of nitrogens with zero attached hydrogens (tertiary/aromatic N) is 2. The van der Waals surface area contributed by atoms with Gasteiger partial charge in [0, 0.05) is 19.5 Å². The van der Waals surface area contributed by atoms with E-state index in [4.69, 9.17) is 10.4 Å². The van der Waals surface area contributed by atoms with Crippen molar-refractivity contribution in [3.8, 4) is 6.07 Å². The summed E-state index contributed by atoms with van der Waals surface area (Å²) in [5, 5.41) is 13.4. The van der Waals surface area contributed by atoms with E-state index in [1.807, 2.05) is 6.07 Å². The van der Waals surface area contributed by atoms with Crippen LogP contribution in [-0.2, 0) is 14.8 Å². The summed E-state index contributed by atoms with van der Waals surface area (Å²) >= 11 is 0. The van der Waals surface area contributed by atoms with Crippen LogP contribution in [0.5, 0.6) is 0 Å². The second-order valence-corrected chi connectivity index (χ2v) is 4.97. The fourth-order valence-electron chi connectivity index (χ4n) is 1.31. The van der Waals surface area contributed by atoms with E-state index in [9.17, 15) is 13.2 Å². The number of amides is 1. The SMILES string of the molecule is N#CC1CC(=O)N(CCS(N)(=O)=O)C1. The Morgan fingerprint density at radius 2 is 2.29 bits per heavy atom. The van der Waals surface area contributed by atoms with Gasteiger partial charge in [0.05, 0.1) is 17.7 Å². The Bertz CT molecular complexity index is 370. The highest BCUT2D eigenvalue weighted by Crippen LogP contribution is 2.16. The zero-order valence-corrected chi connectivity index (χ0v) is 8.33. The van der Waals surface area contributed by atoms with Crippen LogP contribution < -0.4 is 5.14 Å². The number of hydrogen-bond acceptors (Lipinski definition) is 4. The maximum atomic E-state index is 11.2. The van der Waals surface area contributed by atoms with Crippen LogP contribution >= 0.6 is 0 Å². The molecule has 1 amide bonds. The van der Waals surface area contributed by atoms with Crippen molar-refractivity contribution in [1.82, 2.24) is 4.90 Å². The van der Waals surface area contributed by atoms with Crippen molar-refractivity contribution >= 4 is 15.9 Å². The highest BCUT2D eigenvalue weighted by molar-refractivity contribution is 7.89. The van der Waals surface area contributed by atoms with Crippen LogP contribution in [0.3, 0.4) is 0 Å². The molecule has 78 valence electrons. The molecular weight excluding hydrogens is 206 g/mol. The van der Waals surface area contributed by atoms with E-state index >= 15 is 0 Å². The number of nitriles is 1. The molecule has 1 heterocycles. The van der Waals surface area contributed by atoms with E-state index in [0.29, 0.717) is 6.54 Å². The Morgan fingerprint density at radius 1 is 1.64 bits per heavy atom. The van der Waals surface area contributed by atoms with Crippen LogP contribution in [0.25, 0.3) is 0 Å². The molecule has 0 saturated carbocycles. The third-order valence-corrected chi connectivity index (χ3v) is 2.79. The lowest BCUT2D eigenvalue weighted by atomic mass is 10.1. The third kappa shape index (κ3) is 2.97. The number of nitrogens with two attached hydrogens (primary N) is 1. The molecule has 1 unspecified atom stereocenters. The minimum absolute atomic E-state index is 0.0792. The maximum absolute atomic E-state index is 11.2. The molecule has 1 atom stereocenters. The minimum Gasteiger partial charge on any atom is -0.340 e. The first-order chi connectivity index (χ1) is 6.42. The normalized spacial score (nSPS) is 22.4. The van der Waals surface area contributed by atoms with Crippen molar-refractivity contribution in [2.45, 2.75) is 6.42 Å². The highest BCUT2D eigenvalue weighted by Gasteiger charge is 2.29. The fourth-order valence-corrected chi connectivity index (χ4v) is 1.79. The first-order valence-electron chi connectivity index (χ1n) is 4.10. The molecule has 0 spiro atoms. The molecule has 2 N–H and O–H groups in total. The minimum atomic E-state index is -3.54. The lowest BCUT2D eigenvalue weighted by Crippen LogP contribution is -2.32. The Kier molecular flexibility index (Phi) is 3.08. The number of carbonyl (C=O) groups is 1. The number of likely N-dealkylation sites (tertiary alicyclic amines) is 1. The van der Waals surface area contributed by atoms with Gasteiger partial charge in [-0.1, -0.05) is 0 Å². The van der Waals surface area contributed by atoms with Crippen LogP contribution in [0.4, 0.5) is 0 Å². The average molecular weight is 217 g/mol. The summed E-state index contributed by atoms with van der Waals surface area (Å²) in [7, 11) is -3.54. The lowest BCUT2D eigenvalue weighted by Gasteiger charge is -2.13. The fraction of sp³-hybridized carbons (Fsp3) is 0.714. The van der Waals surface area contributed by atoms with Gasteiger partial charge in [-0.05, 0) is 0 Å². The van der Waals surface area contributed by atoms with Crippen LogP contribution in [0.1, 0.15) is 6.42 Å². The van der Waals surface area contributed by atoms with Crippen molar-refractivity contribution in [3.63, 3.8) is 0 Å². The Labute approximate surface area is 82.3 Å². The smallest absolute Gasteiger partial charge is 0.224 e. The molecule has 1 aliphatic rings. The van der Waals surface area contributed by atoms with Crippen molar-refractivity contribution in [1.29, 1.82) is 5.26 Å². The van der Waals surface area contributed by atoms with Crippen LogP contribution in [-0.4, -0.2) is 38.1 Å². The molecule has 0 radical (unpaired) electrons. The molecule has 0 aliphatic carbocycles. The Morgan fingerprint density at radius 3 is 2.71 bits per heavy atom. The van der Waals surface area contributed by atoms with Crippen molar-refractivity contribution in [2.24, 2.45) is 11.1 Å². The largest absolute Gasteiger partial charge is 0.340 e. The standard InChI is InChI=1S/C7H11N3O3S/c8-4-6-3-7(11)10(5-6)1-2-14(9,12)13/h6H,1-3,5H2,(H2,9,12,13). The molecule has 0 bridgehead atoms.